The zero-order valence-electron chi connectivity index (χ0n) is 11.4. The smallest absolute Gasteiger partial charge is 0.0795 e. The summed E-state index contributed by atoms with van der Waals surface area (Å²) in [7, 11) is 0. The topological polar surface area (TPSA) is 24.9 Å². The van der Waals surface area contributed by atoms with Crippen LogP contribution in [-0.2, 0) is 5.41 Å². The van der Waals surface area contributed by atoms with Crippen LogP contribution in [0, 0.1) is 0 Å². The highest BCUT2D eigenvalue weighted by atomic mass is 32.1. The maximum absolute atomic E-state index is 4.33. The summed E-state index contributed by atoms with van der Waals surface area (Å²) >= 11 is 1.63. The van der Waals surface area contributed by atoms with E-state index in [1.54, 1.807) is 11.3 Å². The molecule has 0 fully saturated rings. The molecule has 1 unspecified atom stereocenters. The molecule has 0 aliphatic heterocycles. The number of nitrogens with zero attached hydrogens (tertiary/aromatic N) is 1. The van der Waals surface area contributed by atoms with Crippen molar-refractivity contribution in [2.45, 2.75) is 39.2 Å². The number of rotatable bonds is 3. The van der Waals surface area contributed by atoms with Crippen molar-refractivity contribution in [3.8, 4) is 0 Å². The molecular formula is C15H20N2S. The van der Waals surface area contributed by atoms with Crippen molar-refractivity contribution in [2.75, 3.05) is 5.32 Å². The van der Waals surface area contributed by atoms with Gasteiger partial charge in [-0.15, -0.1) is 11.3 Å². The summed E-state index contributed by atoms with van der Waals surface area (Å²) in [5.41, 5.74) is 5.67. The van der Waals surface area contributed by atoms with Gasteiger partial charge in [0, 0.05) is 11.1 Å². The first kappa shape index (κ1) is 13.1. The molecule has 2 aromatic rings. The summed E-state index contributed by atoms with van der Waals surface area (Å²) < 4.78 is 0. The highest BCUT2D eigenvalue weighted by Gasteiger charge is 2.13. The first-order valence-electron chi connectivity index (χ1n) is 6.22. The van der Waals surface area contributed by atoms with Crippen molar-refractivity contribution < 1.29 is 0 Å². The third-order valence-corrected chi connectivity index (χ3v) is 3.63. The lowest BCUT2D eigenvalue weighted by Gasteiger charge is -2.20. The average Bonchev–Trinajstić information content (AvgIpc) is 2.82. The molecule has 0 aliphatic rings. The van der Waals surface area contributed by atoms with Gasteiger partial charge in [0.1, 0.15) is 0 Å². The standard InChI is InChI=1S/C15H20N2S/c1-11(14-9-18-10-16-14)17-13-7-5-12(6-8-13)15(2,3)4/h5-11,17H,1-4H3. The summed E-state index contributed by atoms with van der Waals surface area (Å²) in [6, 6.07) is 8.91. The van der Waals surface area contributed by atoms with Crippen molar-refractivity contribution in [2.24, 2.45) is 0 Å². The minimum Gasteiger partial charge on any atom is -0.377 e. The average molecular weight is 260 g/mol. The molecule has 0 saturated carbocycles. The van der Waals surface area contributed by atoms with Gasteiger partial charge in [-0.1, -0.05) is 32.9 Å². The molecule has 2 nitrogen and oxygen atoms in total. The van der Waals surface area contributed by atoms with E-state index in [0.29, 0.717) is 0 Å². The normalized spacial score (nSPS) is 13.3. The van der Waals surface area contributed by atoms with Crippen LogP contribution < -0.4 is 5.32 Å². The van der Waals surface area contributed by atoms with Crippen molar-refractivity contribution in [1.82, 2.24) is 4.98 Å². The lowest BCUT2D eigenvalue weighted by atomic mass is 9.87. The maximum Gasteiger partial charge on any atom is 0.0795 e. The summed E-state index contributed by atoms with van der Waals surface area (Å²) in [6.07, 6.45) is 0. The predicted molar refractivity (Wildman–Crippen MR) is 79.3 cm³/mol. The molecule has 1 N–H and O–H groups in total. The third-order valence-electron chi connectivity index (χ3n) is 3.03. The maximum atomic E-state index is 4.33. The highest BCUT2D eigenvalue weighted by molar-refractivity contribution is 7.07. The van der Waals surface area contributed by atoms with Crippen LogP contribution in [0.2, 0.25) is 0 Å². The molecule has 1 aromatic carbocycles. The fourth-order valence-corrected chi connectivity index (χ4v) is 2.47. The first-order chi connectivity index (χ1) is 8.47. The molecule has 0 saturated heterocycles. The van der Waals surface area contributed by atoms with E-state index in [4.69, 9.17) is 0 Å². The molecule has 1 aromatic heterocycles. The van der Waals surface area contributed by atoms with E-state index in [1.165, 1.54) is 5.56 Å². The number of thiazole rings is 1. The SMILES string of the molecule is CC(Nc1ccc(C(C)(C)C)cc1)c1cscn1. The van der Waals surface area contributed by atoms with Crippen LogP contribution in [0.3, 0.4) is 0 Å². The Kier molecular flexibility index (Phi) is 3.71. The fourth-order valence-electron chi connectivity index (χ4n) is 1.83. The third kappa shape index (κ3) is 3.10. The van der Waals surface area contributed by atoms with Crippen LogP contribution in [0.4, 0.5) is 5.69 Å². The molecular weight excluding hydrogens is 240 g/mol. The number of benzene rings is 1. The van der Waals surface area contributed by atoms with Crippen LogP contribution >= 0.6 is 11.3 Å². The first-order valence-corrected chi connectivity index (χ1v) is 7.16. The zero-order chi connectivity index (χ0) is 13.2. The molecule has 18 heavy (non-hydrogen) atoms. The largest absolute Gasteiger partial charge is 0.377 e. The van der Waals surface area contributed by atoms with E-state index in [1.807, 2.05) is 5.51 Å². The summed E-state index contributed by atoms with van der Waals surface area (Å²) in [5.74, 6) is 0. The number of hydrogen-bond acceptors (Lipinski definition) is 3. The minimum atomic E-state index is 0.207. The Morgan fingerprint density at radius 3 is 2.33 bits per heavy atom. The molecule has 0 aliphatic carbocycles. The fraction of sp³-hybridized carbons (Fsp3) is 0.400. The van der Waals surface area contributed by atoms with Gasteiger partial charge in [-0.3, -0.25) is 0 Å². The van der Waals surface area contributed by atoms with Crippen molar-refractivity contribution in [3.05, 3.63) is 46.4 Å². The zero-order valence-corrected chi connectivity index (χ0v) is 12.2. The molecule has 3 heteroatoms. The molecule has 0 bridgehead atoms. The molecule has 0 spiro atoms. The van der Waals surface area contributed by atoms with Crippen LogP contribution in [0.1, 0.15) is 45.0 Å². The number of anilines is 1. The molecule has 0 amide bonds. The summed E-state index contributed by atoms with van der Waals surface area (Å²) in [5, 5.41) is 5.55. The van der Waals surface area contributed by atoms with Crippen LogP contribution in [0.25, 0.3) is 0 Å². The Hall–Kier alpha value is -1.35. The van der Waals surface area contributed by atoms with Crippen molar-refractivity contribution in [1.29, 1.82) is 0 Å². The second-order valence-corrected chi connectivity index (χ2v) is 6.33. The van der Waals surface area contributed by atoms with Crippen LogP contribution in [-0.4, -0.2) is 4.98 Å². The molecule has 0 radical (unpaired) electrons. The van der Waals surface area contributed by atoms with Crippen LogP contribution in [0.15, 0.2) is 35.2 Å². The van der Waals surface area contributed by atoms with Gasteiger partial charge < -0.3 is 5.32 Å². The number of hydrogen-bond donors (Lipinski definition) is 1. The highest BCUT2D eigenvalue weighted by Crippen LogP contribution is 2.25. The Bertz CT molecular complexity index is 480. The minimum absolute atomic E-state index is 0.207. The molecule has 1 atom stereocenters. The van der Waals surface area contributed by atoms with Gasteiger partial charge in [0.15, 0.2) is 0 Å². The van der Waals surface area contributed by atoms with E-state index in [2.05, 4.69) is 67.6 Å². The van der Waals surface area contributed by atoms with Crippen molar-refractivity contribution in [3.63, 3.8) is 0 Å². The quantitative estimate of drug-likeness (QED) is 0.871. The van der Waals surface area contributed by atoms with Crippen LogP contribution in [0.5, 0.6) is 0 Å². The van der Waals surface area contributed by atoms with Gasteiger partial charge in [0.2, 0.25) is 0 Å². The van der Waals surface area contributed by atoms with Gasteiger partial charge in [-0.05, 0) is 30.0 Å². The Morgan fingerprint density at radius 2 is 1.83 bits per heavy atom. The molecule has 2 rings (SSSR count). The molecule has 1 heterocycles. The van der Waals surface area contributed by atoms with E-state index in [9.17, 15) is 0 Å². The predicted octanol–water partition coefficient (Wildman–Crippen LogP) is 4.61. The van der Waals surface area contributed by atoms with Crippen molar-refractivity contribution >= 4 is 17.0 Å². The Balaban J connectivity index is 2.07. The second kappa shape index (κ2) is 5.11. The van der Waals surface area contributed by atoms with E-state index in [-0.39, 0.29) is 11.5 Å². The number of aromatic nitrogens is 1. The van der Waals surface area contributed by atoms with Gasteiger partial charge in [0.25, 0.3) is 0 Å². The van der Waals surface area contributed by atoms with Gasteiger partial charge in [-0.25, -0.2) is 4.98 Å². The summed E-state index contributed by atoms with van der Waals surface area (Å²) in [6.45, 7) is 8.82. The number of nitrogens with one attached hydrogen (secondary N) is 1. The Morgan fingerprint density at radius 1 is 1.17 bits per heavy atom. The van der Waals surface area contributed by atoms with Gasteiger partial charge in [-0.2, -0.15) is 0 Å². The van der Waals surface area contributed by atoms with E-state index in [0.717, 1.165) is 11.4 Å². The second-order valence-electron chi connectivity index (χ2n) is 5.61. The van der Waals surface area contributed by atoms with Gasteiger partial charge in [0.05, 0.1) is 17.2 Å². The van der Waals surface area contributed by atoms with E-state index < -0.39 is 0 Å². The van der Waals surface area contributed by atoms with Gasteiger partial charge >= 0.3 is 0 Å². The Labute approximate surface area is 113 Å². The lowest BCUT2D eigenvalue weighted by molar-refractivity contribution is 0.590. The molecule has 96 valence electrons. The lowest BCUT2D eigenvalue weighted by Crippen LogP contribution is -2.11. The monoisotopic (exact) mass is 260 g/mol. The summed E-state index contributed by atoms with van der Waals surface area (Å²) in [4.78, 5) is 4.33. The van der Waals surface area contributed by atoms with E-state index >= 15 is 0 Å².